The van der Waals surface area contributed by atoms with Gasteiger partial charge in [0, 0.05) is 22.3 Å². The van der Waals surface area contributed by atoms with Gasteiger partial charge in [-0.2, -0.15) is 0 Å². The van der Waals surface area contributed by atoms with Crippen LogP contribution in [0.25, 0.3) is 123 Å². The quantitative estimate of drug-likeness (QED) is 0.151. The lowest BCUT2D eigenvalue weighted by Crippen LogP contribution is -2.10. The molecule has 0 bridgehead atoms. The van der Waals surface area contributed by atoms with E-state index in [1.54, 1.807) is 0 Å². The van der Waals surface area contributed by atoms with E-state index in [4.69, 9.17) is 28.8 Å². The minimum atomic E-state index is 0.0348. The van der Waals surface area contributed by atoms with Crippen LogP contribution in [0.1, 0.15) is 52.7 Å². The van der Waals surface area contributed by atoms with Crippen LogP contribution in [0.2, 0.25) is 0 Å². The van der Waals surface area contributed by atoms with Crippen molar-refractivity contribution in [3.63, 3.8) is 0 Å². The van der Waals surface area contributed by atoms with Crippen molar-refractivity contribution in [3.8, 4) is 89.9 Å². The molecule has 0 saturated heterocycles. The molecule has 12 rings (SSSR count). The summed E-state index contributed by atoms with van der Waals surface area (Å²) < 4.78 is 12.1. The lowest BCUT2D eigenvalue weighted by Gasteiger charge is -2.21. The summed E-state index contributed by atoms with van der Waals surface area (Å²) >= 11 is 0. The standard InChI is InChI=1S/C66H52N4O2/c1-65(2,3)51-35-31-45(32-36-51)53-39-57-58(40-54(53)46-33-37-52(38-34-46)66(4,5)6)68-62(48-25-17-42(18-26-48)44-21-29-50(30-22-44)64-70-56-12-8-10-14-60(56)72-64)61(67-57)47-23-15-41(16-24-47)43-19-27-49(28-20-43)63-69-55-11-7-9-13-59(55)71-63/h7-40H,1-6H3. The first-order chi connectivity index (χ1) is 34.9. The molecule has 72 heavy (non-hydrogen) atoms. The van der Waals surface area contributed by atoms with E-state index >= 15 is 0 Å². The highest BCUT2D eigenvalue weighted by atomic mass is 16.4. The third-order valence-corrected chi connectivity index (χ3v) is 13.8. The first kappa shape index (κ1) is 44.5. The molecule has 0 saturated carbocycles. The van der Waals surface area contributed by atoms with Gasteiger partial charge in [0.2, 0.25) is 11.8 Å². The second kappa shape index (κ2) is 17.6. The Morgan fingerprint density at radius 3 is 0.889 bits per heavy atom. The number of fused-ring (bicyclic) bond motifs is 3. The van der Waals surface area contributed by atoms with Crippen LogP contribution in [-0.2, 0) is 10.8 Å². The summed E-state index contributed by atoms with van der Waals surface area (Å²) in [6, 6.07) is 72.2. The summed E-state index contributed by atoms with van der Waals surface area (Å²) in [5.41, 5.74) is 21.9. The van der Waals surface area contributed by atoms with Crippen molar-refractivity contribution in [2.24, 2.45) is 0 Å². The first-order valence-electron chi connectivity index (χ1n) is 24.6. The fraction of sp³-hybridized carbons (Fsp3) is 0.121. The van der Waals surface area contributed by atoms with E-state index in [-0.39, 0.29) is 10.8 Å². The Labute approximate surface area is 419 Å². The zero-order valence-corrected chi connectivity index (χ0v) is 41.2. The van der Waals surface area contributed by atoms with Crippen molar-refractivity contribution < 1.29 is 8.83 Å². The Morgan fingerprint density at radius 2 is 0.569 bits per heavy atom. The van der Waals surface area contributed by atoms with E-state index in [1.807, 2.05) is 48.5 Å². The van der Waals surface area contributed by atoms with Gasteiger partial charge in [0.15, 0.2) is 11.2 Å². The van der Waals surface area contributed by atoms with E-state index in [1.165, 1.54) is 11.1 Å². The molecule has 348 valence electrons. The summed E-state index contributed by atoms with van der Waals surface area (Å²) in [5, 5.41) is 0. The minimum Gasteiger partial charge on any atom is -0.436 e. The van der Waals surface area contributed by atoms with Crippen LogP contribution in [0.15, 0.2) is 215 Å². The Balaban J connectivity index is 0.950. The Kier molecular flexibility index (Phi) is 10.9. The highest BCUT2D eigenvalue weighted by Gasteiger charge is 2.21. The van der Waals surface area contributed by atoms with Crippen LogP contribution < -0.4 is 0 Å². The maximum Gasteiger partial charge on any atom is 0.227 e. The monoisotopic (exact) mass is 932 g/mol. The molecule has 3 aromatic heterocycles. The van der Waals surface area contributed by atoms with Gasteiger partial charge in [0.25, 0.3) is 0 Å². The minimum absolute atomic E-state index is 0.0348. The molecule has 9 aromatic carbocycles. The van der Waals surface area contributed by atoms with Gasteiger partial charge in [-0.25, -0.2) is 19.9 Å². The van der Waals surface area contributed by atoms with Crippen LogP contribution in [0.4, 0.5) is 0 Å². The van der Waals surface area contributed by atoms with Crippen LogP contribution in [0, 0.1) is 0 Å². The van der Waals surface area contributed by atoms with E-state index in [2.05, 4.69) is 199 Å². The zero-order valence-electron chi connectivity index (χ0n) is 41.2. The number of aromatic nitrogens is 4. The van der Waals surface area contributed by atoms with Crippen molar-refractivity contribution in [2.45, 2.75) is 52.4 Å². The number of hydrogen-bond donors (Lipinski definition) is 0. The van der Waals surface area contributed by atoms with Gasteiger partial charge in [0.1, 0.15) is 11.0 Å². The molecule has 0 N–H and O–H groups in total. The van der Waals surface area contributed by atoms with Crippen LogP contribution >= 0.6 is 0 Å². The third kappa shape index (κ3) is 8.55. The predicted octanol–water partition coefficient (Wildman–Crippen LogP) is 17.8. The molecule has 0 aliphatic carbocycles. The van der Waals surface area contributed by atoms with Crippen molar-refractivity contribution in [2.75, 3.05) is 0 Å². The topological polar surface area (TPSA) is 77.8 Å². The highest BCUT2D eigenvalue weighted by Crippen LogP contribution is 2.41. The number of nitrogens with zero attached hydrogens (tertiary/aromatic N) is 4. The molecule has 3 heterocycles. The molecule has 0 amide bonds. The molecular weight excluding hydrogens is 881 g/mol. The molecule has 6 heteroatoms. The molecule has 0 spiro atoms. The van der Waals surface area contributed by atoms with Gasteiger partial charge in [-0.1, -0.05) is 187 Å². The summed E-state index contributed by atoms with van der Waals surface area (Å²) in [5.74, 6) is 1.22. The molecule has 0 unspecified atom stereocenters. The van der Waals surface area contributed by atoms with E-state index in [9.17, 15) is 0 Å². The largest absolute Gasteiger partial charge is 0.436 e. The summed E-state index contributed by atoms with van der Waals surface area (Å²) in [6.07, 6.45) is 0. The summed E-state index contributed by atoms with van der Waals surface area (Å²) in [4.78, 5) is 20.5. The summed E-state index contributed by atoms with van der Waals surface area (Å²) in [7, 11) is 0. The maximum atomic E-state index is 6.06. The Hall–Kier alpha value is -8.74. The van der Waals surface area contributed by atoms with Gasteiger partial charge in [-0.15, -0.1) is 0 Å². The Morgan fingerprint density at radius 1 is 0.278 bits per heavy atom. The van der Waals surface area contributed by atoms with Crippen LogP contribution in [0.5, 0.6) is 0 Å². The van der Waals surface area contributed by atoms with E-state index < -0.39 is 0 Å². The fourth-order valence-corrected chi connectivity index (χ4v) is 9.53. The number of para-hydroxylation sites is 4. The molecule has 0 fully saturated rings. The Bertz CT molecular complexity index is 3600. The van der Waals surface area contributed by atoms with E-state index in [0.29, 0.717) is 11.8 Å². The number of rotatable bonds is 8. The van der Waals surface area contributed by atoms with E-state index in [0.717, 1.165) is 111 Å². The highest BCUT2D eigenvalue weighted by molar-refractivity contribution is 5.96. The summed E-state index contributed by atoms with van der Waals surface area (Å²) in [6.45, 7) is 13.5. The SMILES string of the molecule is CC(C)(C)c1ccc(-c2cc3nc(-c4ccc(-c5ccc(-c6nc7ccccc7o6)cc5)cc4)c(-c4ccc(-c5ccc(-c6nc7ccccc7o6)cc5)cc4)nc3cc2-c2ccc(C(C)(C)C)cc2)cc1. The van der Waals surface area contributed by atoms with Gasteiger partial charge in [-0.3, -0.25) is 0 Å². The molecule has 0 aliphatic rings. The normalized spacial score (nSPS) is 12.0. The molecular formula is C66H52N4O2. The van der Waals surface area contributed by atoms with Crippen LogP contribution in [0.3, 0.4) is 0 Å². The van der Waals surface area contributed by atoms with Crippen LogP contribution in [-0.4, -0.2) is 19.9 Å². The lowest BCUT2D eigenvalue weighted by atomic mass is 9.84. The fourth-order valence-electron chi connectivity index (χ4n) is 9.53. The van der Waals surface area contributed by atoms with Gasteiger partial charge in [0.05, 0.1) is 22.4 Å². The molecule has 0 atom stereocenters. The van der Waals surface area contributed by atoms with Crippen molar-refractivity contribution in [3.05, 3.63) is 217 Å². The second-order valence-electron chi connectivity index (χ2n) is 20.7. The molecule has 12 aromatic rings. The van der Waals surface area contributed by atoms with Gasteiger partial charge < -0.3 is 8.83 Å². The number of hydrogen-bond acceptors (Lipinski definition) is 6. The third-order valence-electron chi connectivity index (χ3n) is 13.8. The predicted molar refractivity (Wildman–Crippen MR) is 296 cm³/mol. The average molecular weight is 933 g/mol. The lowest BCUT2D eigenvalue weighted by molar-refractivity contribution is 0.590. The number of oxazole rings is 2. The van der Waals surface area contributed by atoms with Crippen molar-refractivity contribution in [1.82, 2.24) is 19.9 Å². The second-order valence-corrected chi connectivity index (χ2v) is 20.7. The van der Waals surface area contributed by atoms with Gasteiger partial charge in [-0.05, 0) is 127 Å². The molecule has 0 aliphatic heterocycles. The zero-order chi connectivity index (χ0) is 49.1. The molecule has 0 radical (unpaired) electrons. The number of benzene rings is 9. The smallest absolute Gasteiger partial charge is 0.227 e. The van der Waals surface area contributed by atoms with Crippen molar-refractivity contribution >= 4 is 33.2 Å². The molecule has 6 nitrogen and oxygen atoms in total. The first-order valence-corrected chi connectivity index (χ1v) is 24.6. The average Bonchev–Trinajstić information content (AvgIpc) is 4.06. The van der Waals surface area contributed by atoms with Gasteiger partial charge >= 0.3 is 0 Å². The maximum absolute atomic E-state index is 6.06. The van der Waals surface area contributed by atoms with Crippen molar-refractivity contribution in [1.29, 1.82) is 0 Å².